The predicted octanol–water partition coefficient (Wildman–Crippen LogP) is 2.34. The molecule has 0 aromatic carbocycles. The topological polar surface area (TPSA) is 52.6 Å². The number of aliphatic carboxylic acids is 1. The number of carbonyl (C=O) groups is 1. The van der Waals surface area contributed by atoms with Crippen molar-refractivity contribution in [2.75, 3.05) is 19.6 Å². The Hall–Kier alpha value is -0.610. The summed E-state index contributed by atoms with van der Waals surface area (Å²) >= 11 is 0. The molecule has 2 N–H and O–H groups in total. The fraction of sp³-hybridized carbons (Fsp3) is 0.933. The highest BCUT2D eigenvalue weighted by Crippen LogP contribution is 2.24. The monoisotopic (exact) mass is 270 g/mol. The average Bonchev–Trinajstić information content (AvgIpc) is 2.66. The Labute approximate surface area is 117 Å². The minimum atomic E-state index is -0.733. The van der Waals surface area contributed by atoms with Gasteiger partial charge in [-0.1, -0.05) is 20.8 Å². The third-order valence-corrected chi connectivity index (χ3v) is 4.49. The van der Waals surface area contributed by atoms with Gasteiger partial charge in [-0.3, -0.25) is 4.79 Å². The van der Waals surface area contributed by atoms with Gasteiger partial charge in [0.05, 0.1) is 0 Å². The number of likely N-dealkylation sites (N-methyl/N-ethyl adjacent to an activating group) is 1. The van der Waals surface area contributed by atoms with E-state index in [0.29, 0.717) is 25.4 Å². The second kappa shape index (κ2) is 7.25. The highest BCUT2D eigenvalue weighted by atomic mass is 16.4. The van der Waals surface area contributed by atoms with Crippen LogP contribution in [0.1, 0.15) is 53.4 Å². The lowest BCUT2D eigenvalue weighted by atomic mass is 9.90. The molecule has 0 aliphatic carbocycles. The van der Waals surface area contributed by atoms with E-state index in [9.17, 15) is 9.90 Å². The van der Waals surface area contributed by atoms with Gasteiger partial charge >= 0.3 is 5.97 Å². The number of carboxylic acids is 1. The second-order valence-electron chi connectivity index (χ2n) is 6.06. The van der Waals surface area contributed by atoms with Gasteiger partial charge in [-0.2, -0.15) is 0 Å². The van der Waals surface area contributed by atoms with Gasteiger partial charge in [0, 0.05) is 12.6 Å². The zero-order valence-corrected chi connectivity index (χ0v) is 12.9. The van der Waals surface area contributed by atoms with Gasteiger partial charge in [-0.15, -0.1) is 0 Å². The van der Waals surface area contributed by atoms with Gasteiger partial charge < -0.3 is 15.3 Å². The van der Waals surface area contributed by atoms with Crippen LogP contribution in [0.15, 0.2) is 0 Å². The van der Waals surface area contributed by atoms with Crippen molar-refractivity contribution in [2.24, 2.45) is 5.92 Å². The molecule has 0 aromatic heterocycles. The maximum absolute atomic E-state index is 11.5. The summed E-state index contributed by atoms with van der Waals surface area (Å²) in [6.07, 6.45) is 3.57. The molecule has 1 aliphatic heterocycles. The Bertz CT molecular complexity index is 296. The van der Waals surface area contributed by atoms with Gasteiger partial charge in [0.1, 0.15) is 5.54 Å². The lowest BCUT2D eigenvalue weighted by molar-refractivity contribution is -0.145. The highest BCUT2D eigenvalue weighted by Gasteiger charge is 2.35. The molecule has 112 valence electrons. The first-order valence-electron chi connectivity index (χ1n) is 7.67. The molecule has 1 rings (SSSR count). The molecule has 0 radical (unpaired) electrons. The van der Waals surface area contributed by atoms with Crippen molar-refractivity contribution in [1.82, 2.24) is 10.2 Å². The standard InChI is InChI=1S/C15H30N2O2/c1-5-15(14(18)19,16-6-2)8-7-9-17-11-12(3)10-13(17)4/h12-13,16H,5-11H2,1-4H3,(H,18,19). The van der Waals surface area contributed by atoms with Crippen molar-refractivity contribution in [3.05, 3.63) is 0 Å². The lowest BCUT2D eigenvalue weighted by Gasteiger charge is -2.30. The smallest absolute Gasteiger partial charge is 0.323 e. The number of likely N-dealkylation sites (tertiary alicyclic amines) is 1. The molecule has 1 aliphatic rings. The molecule has 0 spiro atoms. The van der Waals surface area contributed by atoms with Crippen LogP contribution in [0.3, 0.4) is 0 Å². The van der Waals surface area contributed by atoms with Crippen LogP contribution in [0, 0.1) is 5.92 Å². The molecule has 1 heterocycles. The second-order valence-corrected chi connectivity index (χ2v) is 6.06. The first kappa shape index (κ1) is 16.4. The fourth-order valence-electron chi connectivity index (χ4n) is 3.34. The number of hydrogen-bond donors (Lipinski definition) is 2. The molecule has 4 heteroatoms. The van der Waals surface area contributed by atoms with Crippen molar-refractivity contribution < 1.29 is 9.90 Å². The van der Waals surface area contributed by atoms with Crippen LogP contribution in [0.2, 0.25) is 0 Å². The molecule has 0 aromatic rings. The van der Waals surface area contributed by atoms with E-state index in [4.69, 9.17) is 0 Å². The van der Waals surface area contributed by atoms with E-state index < -0.39 is 11.5 Å². The summed E-state index contributed by atoms with van der Waals surface area (Å²) in [5.41, 5.74) is -0.733. The van der Waals surface area contributed by atoms with Crippen LogP contribution in [0.25, 0.3) is 0 Å². The van der Waals surface area contributed by atoms with E-state index in [1.165, 1.54) is 6.42 Å². The largest absolute Gasteiger partial charge is 0.480 e. The van der Waals surface area contributed by atoms with Crippen LogP contribution in [-0.4, -0.2) is 47.2 Å². The van der Waals surface area contributed by atoms with Crippen molar-refractivity contribution in [3.63, 3.8) is 0 Å². The van der Waals surface area contributed by atoms with Crippen LogP contribution < -0.4 is 5.32 Å². The van der Waals surface area contributed by atoms with Gasteiger partial charge in [-0.25, -0.2) is 0 Å². The Morgan fingerprint density at radius 2 is 2.11 bits per heavy atom. The van der Waals surface area contributed by atoms with Crippen LogP contribution in [0.5, 0.6) is 0 Å². The molecular weight excluding hydrogens is 240 g/mol. The molecule has 19 heavy (non-hydrogen) atoms. The van der Waals surface area contributed by atoms with Crippen molar-refractivity contribution in [3.8, 4) is 0 Å². The van der Waals surface area contributed by atoms with Crippen LogP contribution in [0.4, 0.5) is 0 Å². The van der Waals surface area contributed by atoms with Gasteiger partial charge in [0.2, 0.25) is 0 Å². The number of nitrogens with one attached hydrogen (secondary N) is 1. The predicted molar refractivity (Wildman–Crippen MR) is 78.4 cm³/mol. The zero-order valence-electron chi connectivity index (χ0n) is 12.9. The Balaban J connectivity index is 2.46. The first-order valence-corrected chi connectivity index (χ1v) is 7.67. The van der Waals surface area contributed by atoms with Gasteiger partial charge in [-0.05, 0) is 51.6 Å². The summed E-state index contributed by atoms with van der Waals surface area (Å²) in [7, 11) is 0. The quantitative estimate of drug-likeness (QED) is 0.711. The summed E-state index contributed by atoms with van der Waals surface area (Å²) in [4.78, 5) is 14.0. The number of nitrogens with zero attached hydrogens (tertiary/aromatic N) is 1. The summed E-state index contributed by atoms with van der Waals surface area (Å²) in [6.45, 7) is 11.4. The molecule has 4 nitrogen and oxygen atoms in total. The van der Waals surface area contributed by atoms with Gasteiger partial charge in [0.15, 0.2) is 0 Å². The van der Waals surface area contributed by atoms with Crippen molar-refractivity contribution >= 4 is 5.97 Å². The summed E-state index contributed by atoms with van der Waals surface area (Å²) in [6, 6.07) is 0.648. The number of hydrogen-bond acceptors (Lipinski definition) is 3. The maximum atomic E-state index is 11.5. The average molecular weight is 270 g/mol. The minimum absolute atomic E-state index is 0.641. The Morgan fingerprint density at radius 1 is 1.42 bits per heavy atom. The highest BCUT2D eigenvalue weighted by molar-refractivity contribution is 5.78. The molecule has 0 amide bonds. The molecule has 1 fully saturated rings. The summed E-state index contributed by atoms with van der Waals surface area (Å²) in [5.74, 6) is 0.0684. The first-order chi connectivity index (χ1) is 8.95. The Morgan fingerprint density at radius 3 is 2.53 bits per heavy atom. The number of rotatable bonds is 8. The molecule has 0 saturated carbocycles. The van der Waals surface area contributed by atoms with E-state index in [1.54, 1.807) is 0 Å². The maximum Gasteiger partial charge on any atom is 0.323 e. The SMILES string of the molecule is CCNC(CC)(CCCN1CC(C)CC1C)C(=O)O. The zero-order chi connectivity index (χ0) is 14.5. The van der Waals surface area contributed by atoms with E-state index in [-0.39, 0.29) is 0 Å². The minimum Gasteiger partial charge on any atom is -0.480 e. The third kappa shape index (κ3) is 4.18. The van der Waals surface area contributed by atoms with E-state index in [0.717, 1.165) is 25.4 Å². The molecule has 1 saturated heterocycles. The normalized spacial score (nSPS) is 27.4. The van der Waals surface area contributed by atoms with E-state index in [1.807, 2.05) is 13.8 Å². The third-order valence-electron chi connectivity index (χ3n) is 4.49. The molecule has 3 atom stereocenters. The van der Waals surface area contributed by atoms with Crippen LogP contribution in [-0.2, 0) is 4.79 Å². The summed E-state index contributed by atoms with van der Waals surface area (Å²) < 4.78 is 0. The van der Waals surface area contributed by atoms with E-state index >= 15 is 0 Å². The van der Waals surface area contributed by atoms with Crippen molar-refractivity contribution in [2.45, 2.75) is 65.0 Å². The molecule has 0 bridgehead atoms. The number of carboxylic acid groups (broad SMARTS) is 1. The fourth-order valence-corrected chi connectivity index (χ4v) is 3.34. The molecular formula is C15H30N2O2. The van der Waals surface area contributed by atoms with Crippen molar-refractivity contribution in [1.29, 1.82) is 0 Å². The lowest BCUT2D eigenvalue weighted by Crippen LogP contribution is -2.52. The Kier molecular flexibility index (Phi) is 6.27. The summed E-state index contributed by atoms with van der Waals surface area (Å²) in [5, 5.41) is 12.6. The van der Waals surface area contributed by atoms with Gasteiger partial charge in [0.25, 0.3) is 0 Å². The van der Waals surface area contributed by atoms with E-state index in [2.05, 4.69) is 24.1 Å². The molecule has 3 unspecified atom stereocenters. The van der Waals surface area contributed by atoms with Crippen LogP contribution >= 0.6 is 0 Å².